The van der Waals surface area contributed by atoms with Gasteiger partial charge in [-0.1, -0.05) is 5.16 Å². The first-order valence-corrected chi connectivity index (χ1v) is 9.29. The second-order valence-corrected chi connectivity index (χ2v) is 7.01. The van der Waals surface area contributed by atoms with Crippen LogP contribution in [0.25, 0.3) is 11.3 Å². The van der Waals surface area contributed by atoms with Gasteiger partial charge < -0.3 is 15.2 Å². The monoisotopic (exact) mass is 380 g/mol. The molecular weight excluding hydrogens is 359 g/mol. The highest BCUT2D eigenvalue weighted by molar-refractivity contribution is 5.94. The first kappa shape index (κ1) is 18.2. The Morgan fingerprint density at radius 3 is 2.68 bits per heavy atom. The molecule has 1 aliphatic rings. The van der Waals surface area contributed by atoms with Gasteiger partial charge in [-0.2, -0.15) is 0 Å². The number of aromatic nitrogens is 2. The van der Waals surface area contributed by atoms with Crippen molar-refractivity contribution in [2.24, 2.45) is 5.92 Å². The van der Waals surface area contributed by atoms with Gasteiger partial charge in [-0.05, 0) is 62.1 Å². The van der Waals surface area contributed by atoms with Crippen molar-refractivity contribution in [3.8, 4) is 11.3 Å². The average Bonchev–Trinajstić information content (AvgIpc) is 3.47. The third-order valence-corrected chi connectivity index (χ3v) is 4.82. The van der Waals surface area contributed by atoms with E-state index in [0.29, 0.717) is 35.3 Å². The maximum atomic E-state index is 13.2. The van der Waals surface area contributed by atoms with Gasteiger partial charge in [0.15, 0.2) is 0 Å². The number of hydrogen-bond acceptors (Lipinski definition) is 5. The molecule has 2 heterocycles. The lowest BCUT2D eigenvalue weighted by atomic mass is 10.1. The molecule has 0 atom stereocenters. The highest BCUT2D eigenvalue weighted by Crippen LogP contribution is 2.28. The van der Waals surface area contributed by atoms with Gasteiger partial charge in [0, 0.05) is 30.4 Å². The number of pyridine rings is 1. The maximum absolute atomic E-state index is 13.2. The molecule has 2 aromatic heterocycles. The smallest absolute Gasteiger partial charge is 0.252 e. The summed E-state index contributed by atoms with van der Waals surface area (Å²) >= 11 is 0. The maximum Gasteiger partial charge on any atom is 0.252 e. The van der Waals surface area contributed by atoms with Gasteiger partial charge in [0.05, 0.1) is 5.56 Å². The molecule has 0 aliphatic heterocycles. The third-order valence-electron chi connectivity index (χ3n) is 4.82. The zero-order valence-electron chi connectivity index (χ0n) is 15.5. The first-order chi connectivity index (χ1) is 13.6. The summed E-state index contributed by atoms with van der Waals surface area (Å²) in [6.45, 7) is 3.01. The molecule has 6 nitrogen and oxygen atoms in total. The number of anilines is 1. The molecule has 0 radical (unpaired) electrons. The number of rotatable bonds is 7. The zero-order valence-corrected chi connectivity index (χ0v) is 15.5. The molecule has 2 N–H and O–H groups in total. The van der Waals surface area contributed by atoms with Crippen LogP contribution in [0.4, 0.5) is 10.2 Å². The highest BCUT2D eigenvalue weighted by atomic mass is 19.1. The van der Waals surface area contributed by atoms with Crippen LogP contribution in [0.2, 0.25) is 0 Å². The number of carbonyl (C=O) groups excluding carboxylic acids is 1. The Labute approximate surface area is 162 Å². The fourth-order valence-corrected chi connectivity index (χ4v) is 2.91. The predicted molar refractivity (Wildman–Crippen MR) is 103 cm³/mol. The van der Waals surface area contributed by atoms with Gasteiger partial charge >= 0.3 is 0 Å². The van der Waals surface area contributed by atoms with Crippen molar-refractivity contribution in [1.29, 1.82) is 0 Å². The minimum Gasteiger partial charge on any atom is -0.366 e. The molecule has 1 amide bonds. The van der Waals surface area contributed by atoms with Crippen molar-refractivity contribution in [2.45, 2.75) is 26.3 Å². The van der Waals surface area contributed by atoms with Crippen molar-refractivity contribution in [3.63, 3.8) is 0 Å². The Hall–Kier alpha value is -3.22. The van der Waals surface area contributed by atoms with Gasteiger partial charge in [-0.15, -0.1) is 0 Å². The van der Waals surface area contributed by atoms with Crippen LogP contribution < -0.4 is 10.6 Å². The molecule has 0 spiro atoms. The number of nitrogens with one attached hydrogen (secondary N) is 2. The van der Waals surface area contributed by atoms with Crippen LogP contribution >= 0.6 is 0 Å². The summed E-state index contributed by atoms with van der Waals surface area (Å²) in [6.07, 6.45) is 3.96. The lowest BCUT2D eigenvalue weighted by Crippen LogP contribution is -2.25. The quantitative estimate of drug-likeness (QED) is 0.649. The summed E-state index contributed by atoms with van der Waals surface area (Å²) in [6, 6.07) is 9.65. The summed E-state index contributed by atoms with van der Waals surface area (Å²) in [7, 11) is 0. The summed E-state index contributed by atoms with van der Waals surface area (Å²) < 4.78 is 18.5. The minimum absolute atomic E-state index is 0.0978. The van der Waals surface area contributed by atoms with E-state index in [4.69, 9.17) is 4.52 Å². The number of amides is 1. The van der Waals surface area contributed by atoms with Crippen molar-refractivity contribution < 1.29 is 13.7 Å². The van der Waals surface area contributed by atoms with Crippen molar-refractivity contribution >= 4 is 11.7 Å². The van der Waals surface area contributed by atoms with Crippen LogP contribution in [0.5, 0.6) is 0 Å². The van der Waals surface area contributed by atoms with E-state index in [1.54, 1.807) is 30.5 Å². The molecule has 0 unspecified atom stereocenters. The Bertz CT molecular complexity index is 963. The van der Waals surface area contributed by atoms with Crippen LogP contribution in [-0.2, 0) is 6.54 Å². The molecule has 3 aromatic rings. The van der Waals surface area contributed by atoms with E-state index < -0.39 is 0 Å². The van der Waals surface area contributed by atoms with Crippen LogP contribution in [0.15, 0.2) is 47.1 Å². The summed E-state index contributed by atoms with van der Waals surface area (Å²) in [5.41, 5.74) is 2.87. The Morgan fingerprint density at radius 2 is 2.00 bits per heavy atom. The third kappa shape index (κ3) is 4.19. The Morgan fingerprint density at radius 1 is 1.21 bits per heavy atom. The first-order valence-electron chi connectivity index (χ1n) is 9.29. The van der Waals surface area contributed by atoms with Gasteiger partial charge in [0.1, 0.15) is 23.1 Å². The van der Waals surface area contributed by atoms with E-state index in [0.717, 1.165) is 17.7 Å². The molecule has 1 aromatic carbocycles. The van der Waals surface area contributed by atoms with Crippen LogP contribution in [0, 0.1) is 18.7 Å². The van der Waals surface area contributed by atoms with Crippen molar-refractivity contribution in [3.05, 3.63) is 65.3 Å². The second kappa shape index (κ2) is 7.80. The van der Waals surface area contributed by atoms with E-state index in [1.807, 2.05) is 6.92 Å². The fourth-order valence-electron chi connectivity index (χ4n) is 2.91. The molecule has 0 bridgehead atoms. The number of hydrogen-bond donors (Lipinski definition) is 2. The van der Waals surface area contributed by atoms with Crippen LogP contribution in [0.1, 0.15) is 34.5 Å². The van der Waals surface area contributed by atoms with E-state index in [-0.39, 0.29) is 11.7 Å². The number of carbonyl (C=O) groups is 1. The summed E-state index contributed by atoms with van der Waals surface area (Å²) in [5, 5.41) is 10.2. The fraction of sp³-hybridized carbons (Fsp3) is 0.286. The molecule has 4 rings (SSSR count). The lowest BCUT2D eigenvalue weighted by Gasteiger charge is -2.08. The summed E-state index contributed by atoms with van der Waals surface area (Å²) in [5.74, 6) is 1.57. The Balaban J connectivity index is 1.41. The molecule has 0 saturated heterocycles. The van der Waals surface area contributed by atoms with Crippen molar-refractivity contribution in [1.82, 2.24) is 15.5 Å². The molecule has 28 heavy (non-hydrogen) atoms. The Kier molecular flexibility index (Phi) is 5.06. The molecule has 144 valence electrons. The van der Waals surface area contributed by atoms with Gasteiger partial charge in [0.2, 0.25) is 0 Å². The number of aryl methyl sites for hydroxylation is 1. The zero-order chi connectivity index (χ0) is 19.5. The largest absolute Gasteiger partial charge is 0.366 e. The van der Waals surface area contributed by atoms with E-state index in [9.17, 15) is 9.18 Å². The van der Waals surface area contributed by atoms with E-state index in [1.165, 1.54) is 25.0 Å². The standard InChI is InChI=1S/C21H21FN4O2/c1-13-18(20(26-28-13)15-4-7-17(22)8-5-15)12-24-19-9-6-16(11-23-19)21(27)25-10-14-2-3-14/h4-9,11,14H,2-3,10,12H2,1H3,(H,23,24)(H,25,27). The number of nitrogens with zero attached hydrogens (tertiary/aromatic N) is 2. The molecule has 1 aliphatic carbocycles. The number of halogens is 1. The highest BCUT2D eigenvalue weighted by Gasteiger charge is 2.22. The molecule has 1 saturated carbocycles. The van der Waals surface area contributed by atoms with Gasteiger partial charge in [-0.25, -0.2) is 9.37 Å². The van der Waals surface area contributed by atoms with Gasteiger partial charge in [-0.3, -0.25) is 4.79 Å². The molecular formula is C21H21FN4O2. The van der Waals surface area contributed by atoms with E-state index >= 15 is 0 Å². The minimum atomic E-state index is -0.297. The normalized spacial score (nSPS) is 13.4. The van der Waals surface area contributed by atoms with Crippen molar-refractivity contribution in [2.75, 3.05) is 11.9 Å². The average molecular weight is 380 g/mol. The molecule has 7 heteroatoms. The SMILES string of the molecule is Cc1onc(-c2ccc(F)cc2)c1CNc1ccc(C(=O)NCC2CC2)cn1. The van der Waals surface area contributed by atoms with Crippen LogP contribution in [-0.4, -0.2) is 22.6 Å². The number of benzene rings is 1. The van der Waals surface area contributed by atoms with E-state index in [2.05, 4.69) is 20.8 Å². The molecule has 1 fully saturated rings. The second-order valence-electron chi connectivity index (χ2n) is 7.01. The topological polar surface area (TPSA) is 80.0 Å². The van der Waals surface area contributed by atoms with Gasteiger partial charge in [0.25, 0.3) is 5.91 Å². The predicted octanol–water partition coefficient (Wildman–Crippen LogP) is 3.94. The summed E-state index contributed by atoms with van der Waals surface area (Å²) in [4.78, 5) is 16.4. The van der Waals surface area contributed by atoms with Crippen LogP contribution in [0.3, 0.4) is 0 Å². The lowest BCUT2D eigenvalue weighted by molar-refractivity contribution is 0.0951.